The highest BCUT2D eigenvalue weighted by molar-refractivity contribution is 4.87. The Hall–Kier alpha value is -0.0800. The van der Waals surface area contributed by atoms with E-state index in [2.05, 4.69) is 17.1 Å². The molecule has 1 aliphatic heterocycles. The van der Waals surface area contributed by atoms with Crippen LogP contribution in [0.1, 0.15) is 64.7 Å². The van der Waals surface area contributed by atoms with E-state index >= 15 is 0 Å². The van der Waals surface area contributed by atoms with Gasteiger partial charge in [-0.2, -0.15) is 0 Å². The molecule has 2 nitrogen and oxygen atoms in total. The van der Waals surface area contributed by atoms with E-state index in [-0.39, 0.29) is 0 Å². The van der Waals surface area contributed by atoms with Gasteiger partial charge in [-0.05, 0) is 56.5 Å². The van der Waals surface area contributed by atoms with Crippen molar-refractivity contribution in [3.8, 4) is 0 Å². The first kappa shape index (κ1) is 14.8. The second kappa shape index (κ2) is 7.26. The zero-order valence-electron chi connectivity index (χ0n) is 13.4. The number of nitrogens with one attached hydrogen (secondary N) is 1. The molecule has 1 N–H and O–H groups in total. The molecule has 3 fully saturated rings. The van der Waals surface area contributed by atoms with E-state index in [1.165, 1.54) is 77.4 Å². The lowest BCUT2D eigenvalue weighted by atomic mass is 9.74. The Balaban J connectivity index is 1.51. The Morgan fingerprint density at radius 1 is 0.900 bits per heavy atom. The van der Waals surface area contributed by atoms with Gasteiger partial charge in [0.05, 0.1) is 0 Å². The standard InChI is InChI=1S/C18H34N2/c1-2-19-18-10-6-5-9-17(18)14-20-12-11-15-7-3-4-8-16(15)13-20/h15-19H,2-14H2,1H3. The molecule has 0 bridgehead atoms. The van der Waals surface area contributed by atoms with E-state index in [4.69, 9.17) is 0 Å². The Kier molecular flexibility index (Phi) is 5.39. The molecule has 2 aliphatic carbocycles. The van der Waals surface area contributed by atoms with E-state index in [0.717, 1.165) is 30.3 Å². The smallest absolute Gasteiger partial charge is 0.0107 e. The van der Waals surface area contributed by atoms with Gasteiger partial charge in [-0.3, -0.25) is 0 Å². The summed E-state index contributed by atoms with van der Waals surface area (Å²) in [4.78, 5) is 2.83. The van der Waals surface area contributed by atoms with Crippen molar-refractivity contribution in [2.75, 3.05) is 26.2 Å². The van der Waals surface area contributed by atoms with Gasteiger partial charge in [0, 0.05) is 19.1 Å². The van der Waals surface area contributed by atoms with Crippen LogP contribution in [0.3, 0.4) is 0 Å². The van der Waals surface area contributed by atoms with Gasteiger partial charge in [-0.25, -0.2) is 0 Å². The van der Waals surface area contributed by atoms with Gasteiger partial charge in [0.1, 0.15) is 0 Å². The molecule has 20 heavy (non-hydrogen) atoms. The van der Waals surface area contributed by atoms with Gasteiger partial charge in [0.25, 0.3) is 0 Å². The number of fused-ring (bicyclic) bond motifs is 1. The maximum absolute atomic E-state index is 3.75. The van der Waals surface area contributed by atoms with E-state index in [9.17, 15) is 0 Å². The Morgan fingerprint density at radius 2 is 1.65 bits per heavy atom. The van der Waals surface area contributed by atoms with Crippen LogP contribution in [0, 0.1) is 17.8 Å². The minimum Gasteiger partial charge on any atom is -0.314 e. The Labute approximate surface area is 125 Å². The average molecular weight is 278 g/mol. The summed E-state index contributed by atoms with van der Waals surface area (Å²) in [5, 5.41) is 3.75. The van der Waals surface area contributed by atoms with Crippen molar-refractivity contribution < 1.29 is 0 Å². The summed E-state index contributed by atoms with van der Waals surface area (Å²) in [6, 6.07) is 0.804. The summed E-state index contributed by atoms with van der Waals surface area (Å²) in [6.07, 6.45) is 13.3. The van der Waals surface area contributed by atoms with Crippen molar-refractivity contribution in [1.29, 1.82) is 0 Å². The molecule has 0 spiro atoms. The summed E-state index contributed by atoms with van der Waals surface area (Å²) >= 11 is 0. The van der Waals surface area contributed by atoms with Crippen LogP contribution in [-0.4, -0.2) is 37.1 Å². The number of hydrogen-bond acceptors (Lipinski definition) is 2. The van der Waals surface area contributed by atoms with Crippen molar-refractivity contribution in [2.45, 2.75) is 70.8 Å². The predicted molar refractivity (Wildman–Crippen MR) is 85.9 cm³/mol. The summed E-state index contributed by atoms with van der Waals surface area (Å²) in [6.45, 7) is 7.59. The second-order valence-corrected chi connectivity index (χ2v) is 7.56. The molecule has 116 valence electrons. The van der Waals surface area contributed by atoms with Crippen molar-refractivity contribution in [2.24, 2.45) is 17.8 Å². The molecular weight excluding hydrogens is 244 g/mol. The number of rotatable bonds is 4. The van der Waals surface area contributed by atoms with E-state index in [0.29, 0.717) is 0 Å². The van der Waals surface area contributed by atoms with E-state index < -0.39 is 0 Å². The third-order valence-electron chi connectivity index (χ3n) is 6.24. The molecule has 0 radical (unpaired) electrons. The van der Waals surface area contributed by atoms with Gasteiger partial charge in [-0.1, -0.05) is 39.0 Å². The monoisotopic (exact) mass is 278 g/mol. The summed E-state index contributed by atoms with van der Waals surface area (Å²) in [7, 11) is 0. The van der Waals surface area contributed by atoms with E-state index in [1.54, 1.807) is 0 Å². The minimum atomic E-state index is 0.804. The lowest BCUT2D eigenvalue weighted by Crippen LogP contribution is -2.48. The highest BCUT2D eigenvalue weighted by atomic mass is 15.1. The van der Waals surface area contributed by atoms with Crippen LogP contribution < -0.4 is 5.32 Å². The molecule has 2 heteroatoms. The Morgan fingerprint density at radius 3 is 2.50 bits per heavy atom. The largest absolute Gasteiger partial charge is 0.314 e. The molecular formula is C18H34N2. The molecule has 1 heterocycles. The van der Waals surface area contributed by atoms with Gasteiger partial charge >= 0.3 is 0 Å². The maximum atomic E-state index is 3.75. The van der Waals surface area contributed by atoms with Gasteiger partial charge in [0.15, 0.2) is 0 Å². The average Bonchev–Trinajstić information content (AvgIpc) is 2.49. The first-order chi connectivity index (χ1) is 9.86. The van der Waals surface area contributed by atoms with Crippen molar-refractivity contribution in [3.05, 3.63) is 0 Å². The van der Waals surface area contributed by atoms with Crippen LogP contribution >= 0.6 is 0 Å². The molecule has 1 saturated heterocycles. The third-order valence-corrected chi connectivity index (χ3v) is 6.24. The molecule has 0 aromatic rings. The fourth-order valence-corrected chi connectivity index (χ4v) is 5.13. The van der Waals surface area contributed by atoms with E-state index in [1.807, 2.05) is 0 Å². The van der Waals surface area contributed by atoms with Crippen molar-refractivity contribution in [3.63, 3.8) is 0 Å². The molecule has 0 aromatic heterocycles. The zero-order valence-corrected chi connectivity index (χ0v) is 13.4. The van der Waals surface area contributed by atoms with Gasteiger partial charge < -0.3 is 10.2 Å². The second-order valence-electron chi connectivity index (χ2n) is 7.56. The predicted octanol–water partition coefficient (Wildman–Crippen LogP) is 3.67. The lowest BCUT2D eigenvalue weighted by molar-refractivity contribution is 0.0641. The normalized spacial score (nSPS) is 39.5. The summed E-state index contributed by atoms with van der Waals surface area (Å²) < 4.78 is 0. The third kappa shape index (κ3) is 3.57. The quantitative estimate of drug-likeness (QED) is 0.844. The molecule has 4 atom stereocenters. The van der Waals surface area contributed by atoms with Gasteiger partial charge in [-0.15, -0.1) is 0 Å². The van der Waals surface area contributed by atoms with Crippen molar-refractivity contribution in [1.82, 2.24) is 10.2 Å². The van der Waals surface area contributed by atoms with Gasteiger partial charge in [0.2, 0.25) is 0 Å². The highest BCUT2D eigenvalue weighted by Crippen LogP contribution is 2.37. The highest BCUT2D eigenvalue weighted by Gasteiger charge is 2.33. The number of nitrogens with zero attached hydrogens (tertiary/aromatic N) is 1. The SMILES string of the molecule is CCNC1CCCCC1CN1CCC2CCCCC2C1. The summed E-state index contributed by atoms with van der Waals surface area (Å²) in [5.74, 6) is 3.04. The first-order valence-electron chi connectivity index (χ1n) is 9.32. The van der Waals surface area contributed by atoms with Crippen LogP contribution in [0.4, 0.5) is 0 Å². The molecule has 4 unspecified atom stereocenters. The van der Waals surface area contributed by atoms with Crippen molar-refractivity contribution >= 4 is 0 Å². The molecule has 3 aliphatic rings. The van der Waals surface area contributed by atoms with Crippen LogP contribution in [0.15, 0.2) is 0 Å². The number of piperidine rings is 1. The molecule has 0 aromatic carbocycles. The Bertz CT molecular complexity index is 289. The fraction of sp³-hybridized carbons (Fsp3) is 1.00. The van der Waals surface area contributed by atoms with Crippen LogP contribution in [-0.2, 0) is 0 Å². The number of hydrogen-bond donors (Lipinski definition) is 1. The lowest BCUT2D eigenvalue weighted by Gasteiger charge is -2.44. The zero-order chi connectivity index (χ0) is 13.8. The fourth-order valence-electron chi connectivity index (χ4n) is 5.13. The van der Waals surface area contributed by atoms with Crippen LogP contribution in [0.5, 0.6) is 0 Å². The molecule has 2 saturated carbocycles. The topological polar surface area (TPSA) is 15.3 Å². The number of likely N-dealkylation sites (tertiary alicyclic amines) is 1. The summed E-state index contributed by atoms with van der Waals surface area (Å²) in [5.41, 5.74) is 0. The molecule has 3 rings (SSSR count). The maximum Gasteiger partial charge on any atom is 0.0107 e. The van der Waals surface area contributed by atoms with Crippen LogP contribution in [0.2, 0.25) is 0 Å². The molecule has 0 amide bonds. The minimum absolute atomic E-state index is 0.804. The van der Waals surface area contributed by atoms with Crippen LogP contribution in [0.25, 0.3) is 0 Å². The first-order valence-corrected chi connectivity index (χ1v) is 9.32.